The first-order chi connectivity index (χ1) is 13.2. The number of carbonyl (C=O) groups is 1. The van der Waals surface area contributed by atoms with Gasteiger partial charge in [0.1, 0.15) is 0 Å². The number of β-amino-alcohol motifs (C(OH)–C–C–N with tert-alkyl or cyclic N) is 1. The SMILES string of the molecule is Cl.O=C(NCc1cn(-c2ccccc2)nc1-c1ccccc1)C1CC(O)CN1. The number of halogens is 1. The van der Waals surface area contributed by atoms with Gasteiger partial charge < -0.3 is 15.7 Å². The summed E-state index contributed by atoms with van der Waals surface area (Å²) in [6.45, 7) is 0.837. The molecule has 146 valence electrons. The molecule has 0 radical (unpaired) electrons. The van der Waals surface area contributed by atoms with E-state index in [4.69, 9.17) is 5.10 Å². The highest BCUT2D eigenvalue weighted by molar-refractivity contribution is 5.85. The number of rotatable bonds is 5. The first kappa shape index (κ1) is 20.1. The lowest BCUT2D eigenvalue weighted by Gasteiger charge is -2.11. The van der Waals surface area contributed by atoms with Gasteiger partial charge in [-0.25, -0.2) is 4.68 Å². The highest BCUT2D eigenvalue weighted by atomic mass is 35.5. The van der Waals surface area contributed by atoms with E-state index in [2.05, 4.69) is 10.6 Å². The number of aliphatic hydroxyl groups is 1. The summed E-state index contributed by atoms with van der Waals surface area (Å²) in [7, 11) is 0. The molecule has 0 aliphatic carbocycles. The van der Waals surface area contributed by atoms with Crippen LogP contribution in [0.1, 0.15) is 12.0 Å². The summed E-state index contributed by atoms with van der Waals surface area (Å²) in [4.78, 5) is 12.4. The Morgan fingerprint density at radius 2 is 1.82 bits per heavy atom. The predicted octanol–water partition coefficient (Wildman–Crippen LogP) is 2.30. The summed E-state index contributed by atoms with van der Waals surface area (Å²) in [6, 6.07) is 19.5. The highest BCUT2D eigenvalue weighted by Crippen LogP contribution is 2.23. The fraction of sp³-hybridized carbons (Fsp3) is 0.238. The number of amides is 1. The van der Waals surface area contributed by atoms with Crippen molar-refractivity contribution in [3.05, 3.63) is 72.4 Å². The first-order valence-electron chi connectivity index (χ1n) is 9.09. The van der Waals surface area contributed by atoms with E-state index in [1.807, 2.05) is 71.5 Å². The van der Waals surface area contributed by atoms with Crippen LogP contribution >= 0.6 is 12.4 Å². The Balaban J connectivity index is 0.00000225. The molecule has 3 aromatic rings. The molecular weight excluding hydrogens is 376 g/mol. The molecule has 1 amide bonds. The van der Waals surface area contributed by atoms with E-state index in [0.29, 0.717) is 19.5 Å². The summed E-state index contributed by atoms with van der Waals surface area (Å²) in [5.74, 6) is -0.0991. The number of aromatic nitrogens is 2. The number of hydrogen-bond donors (Lipinski definition) is 3. The molecular formula is C21H23ClN4O2. The monoisotopic (exact) mass is 398 g/mol. The largest absolute Gasteiger partial charge is 0.392 e. The van der Waals surface area contributed by atoms with Gasteiger partial charge in [0.25, 0.3) is 0 Å². The van der Waals surface area contributed by atoms with Gasteiger partial charge in [-0.15, -0.1) is 12.4 Å². The van der Waals surface area contributed by atoms with E-state index < -0.39 is 6.10 Å². The molecule has 2 aromatic carbocycles. The van der Waals surface area contributed by atoms with Gasteiger partial charge in [-0.1, -0.05) is 48.5 Å². The second-order valence-corrected chi connectivity index (χ2v) is 6.72. The second-order valence-electron chi connectivity index (χ2n) is 6.72. The Morgan fingerprint density at radius 3 is 2.46 bits per heavy atom. The minimum absolute atomic E-state index is 0. The first-order valence-corrected chi connectivity index (χ1v) is 9.09. The quantitative estimate of drug-likeness (QED) is 0.616. The summed E-state index contributed by atoms with van der Waals surface area (Å²) in [5, 5.41) is 20.4. The van der Waals surface area contributed by atoms with Crippen LogP contribution in [0.15, 0.2) is 66.9 Å². The van der Waals surface area contributed by atoms with E-state index in [1.54, 1.807) is 0 Å². The molecule has 1 fully saturated rings. The lowest BCUT2D eigenvalue weighted by atomic mass is 10.1. The Kier molecular flexibility index (Phi) is 6.46. The maximum atomic E-state index is 12.4. The third kappa shape index (κ3) is 4.42. The molecule has 0 bridgehead atoms. The summed E-state index contributed by atoms with van der Waals surface area (Å²) in [6.07, 6.45) is 1.94. The number of carbonyl (C=O) groups excluding carboxylic acids is 1. The summed E-state index contributed by atoms with van der Waals surface area (Å²) >= 11 is 0. The van der Waals surface area contributed by atoms with E-state index in [1.165, 1.54) is 0 Å². The Morgan fingerprint density at radius 1 is 1.14 bits per heavy atom. The lowest BCUT2D eigenvalue weighted by molar-refractivity contribution is -0.123. The standard InChI is InChI=1S/C21H22N4O2.ClH/c26-18-11-19(22-13-18)21(27)23-12-16-14-25(17-9-5-2-6-10-17)24-20(16)15-7-3-1-4-8-15;/h1-10,14,18-19,22,26H,11-13H2,(H,23,27);1H. The van der Waals surface area contributed by atoms with Crippen molar-refractivity contribution < 1.29 is 9.90 Å². The Labute approximate surface area is 170 Å². The molecule has 4 rings (SSSR count). The van der Waals surface area contributed by atoms with Crippen molar-refractivity contribution in [1.29, 1.82) is 0 Å². The molecule has 1 saturated heterocycles. The van der Waals surface area contributed by atoms with Crippen molar-refractivity contribution in [2.24, 2.45) is 0 Å². The van der Waals surface area contributed by atoms with Gasteiger partial charge in [-0.05, 0) is 18.6 Å². The molecule has 2 atom stereocenters. The maximum Gasteiger partial charge on any atom is 0.237 e. The van der Waals surface area contributed by atoms with Crippen molar-refractivity contribution in [3.63, 3.8) is 0 Å². The number of benzene rings is 2. The zero-order valence-electron chi connectivity index (χ0n) is 15.3. The van der Waals surface area contributed by atoms with E-state index in [-0.39, 0.29) is 24.4 Å². The van der Waals surface area contributed by atoms with Crippen molar-refractivity contribution in [3.8, 4) is 16.9 Å². The van der Waals surface area contributed by atoms with Crippen LogP contribution in [0.2, 0.25) is 0 Å². The summed E-state index contributed by atoms with van der Waals surface area (Å²) in [5.41, 5.74) is 3.76. The van der Waals surface area contributed by atoms with Crippen LogP contribution in [0.3, 0.4) is 0 Å². The fourth-order valence-electron chi connectivity index (χ4n) is 3.31. The van der Waals surface area contributed by atoms with Gasteiger partial charge >= 0.3 is 0 Å². The third-order valence-electron chi connectivity index (χ3n) is 4.74. The Hall–Kier alpha value is -2.67. The molecule has 1 aromatic heterocycles. The van der Waals surface area contributed by atoms with E-state index >= 15 is 0 Å². The van der Waals surface area contributed by atoms with Crippen LogP contribution in [0, 0.1) is 0 Å². The molecule has 6 nitrogen and oxygen atoms in total. The minimum Gasteiger partial charge on any atom is -0.392 e. The van der Waals surface area contributed by atoms with E-state index in [0.717, 1.165) is 22.5 Å². The maximum absolute atomic E-state index is 12.4. The zero-order chi connectivity index (χ0) is 18.6. The molecule has 7 heteroatoms. The number of nitrogens with zero attached hydrogens (tertiary/aromatic N) is 2. The van der Waals surface area contributed by atoms with Gasteiger partial charge in [-0.3, -0.25) is 4.79 Å². The summed E-state index contributed by atoms with van der Waals surface area (Å²) < 4.78 is 1.83. The van der Waals surface area contributed by atoms with Crippen molar-refractivity contribution in [2.45, 2.75) is 25.1 Å². The number of nitrogens with one attached hydrogen (secondary N) is 2. The van der Waals surface area contributed by atoms with Crippen LogP contribution < -0.4 is 10.6 Å². The zero-order valence-corrected chi connectivity index (χ0v) is 16.1. The van der Waals surface area contributed by atoms with Crippen LogP contribution in [0.5, 0.6) is 0 Å². The van der Waals surface area contributed by atoms with Gasteiger partial charge in [0.05, 0.1) is 23.5 Å². The molecule has 2 heterocycles. The molecule has 1 aliphatic heterocycles. The topological polar surface area (TPSA) is 79.2 Å². The van der Waals surface area contributed by atoms with E-state index in [9.17, 15) is 9.90 Å². The van der Waals surface area contributed by atoms with Crippen LogP contribution in [0.4, 0.5) is 0 Å². The number of aliphatic hydroxyl groups excluding tert-OH is 1. The molecule has 3 N–H and O–H groups in total. The third-order valence-corrected chi connectivity index (χ3v) is 4.74. The lowest BCUT2D eigenvalue weighted by Crippen LogP contribution is -2.40. The molecule has 28 heavy (non-hydrogen) atoms. The number of para-hydroxylation sites is 1. The van der Waals surface area contributed by atoms with Crippen molar-refractivity contribution in [2.75, 3.05) is 6.54 Å². The minimum atomic E-state index is -0.457. The van der Waals surface area contributed by atoms with Crippen molar-refractivity contribution in [1.82, 2.24) is 20.4 Å². The fourth-order valence-corrected chi connectivity index (χ4v) is 3.31. The average Bonchev–Trinajstić information content (AvgIpc) is 3.34. The van der Waals surface area contributed by atoms with Gasteiger partial charge in [0, 0.05) is 30.4 Å². The average molecular weight is 399 g/mol. The van der Waals surface area contributed by atoms with Gasteiger partial charge in [0.15, 0.2) is 0 Å². The molecule has 2 unspecified atom stereocenters. The Bertz CT molecular complexity index is 915. The second kappa shape index (κ2) is 9.01. The van der Waals surface area contributed by atoms with Crippen LogP contribution in [-0.4, -0.2) is 39.5 Å². The molecule has 1 aliphatic rings. The van der Waals surface area contributed by atoms with Crippen LogP contribution in [-0.2, 0) is 11.3 Å². The number of hydrogen-bond acceptors (Lipinski definition) is 4. The smallest absolute Gasteiger partial charge is 0.237 e. The van der Waals surface area contributed by atoms with Crippen molar-refractivity contribution >= 4 is 18.3 Å². The van der Waals surface area contributed by atoms with Gasteiger partial charge in [0.2, 0.25) is 5.91 Å². The van der Waals surface area contributed by atoms with Crippen LogP contribution in [0.25, 0.3) is 16.9 Å². The highest BCUT2D eigenvalue weighted by Gasteiger charge is 2.28. The molecule has 0 spiro atoms. The normalized spacial score (nSPS) is 18.5. The van der Waals surface area contributed by atoms with Gasteiger partial charge in [-0.2, -0.15) is 5.10 Å². The predicted molar refractivity (Wildman–Crippen MR) is 111 cm³/mol. The molecule has 0 saturated carbocycles.